The number of pyridine rings is 2. The van der Waals surface area contributed by atoms with Crippen molar-refractivity contribution >= 4 is 16.6 Å². The summed E-state index contributed by atoms with van der Waals surface area (Å²) in [4.78, 5) is 21.3. The van der Waals surface area contributed by atoms with E-state index in [1.165, 1.54) is 0 Å². The van der Waals surface area contributed by atoms with Crippen LogP contribution in [-0.4, -0.2) is 25.8 Å². The fourth-order valence-corrected chi connectivity index (χ4v) is 4.47. The third kappa shape index (κ3) is 4.06. The topological polar surface area (TPSA) is 72.7 Å². The molecule has 1 saturated carbocycles. The van der Waals surface area contributed by atoms with Gasteiger partial charge in [-0.1, -0.05) is 18.2 Å². The summed E-state index contributed by atoms with van der Waals surface area (Å²) >= 11 is 0. The van der Waals surface area contributed by atoms with Gasteiger partial charge < -0.3 is 5.32 Å². The van der Waals surface area contributed by atoms with Crippen molar-refractivity contribution in [3.63, 3.8) is 0 Å². The predicted molar refractivity (Wildman–Crippen MR) is 123 cm³/mol. The number of hydrogen-bond donors (Lipinski definition) is 1. The molecule has 3 aromatic heterocycles. The molecule has 0 radical (unpaired) electrons. The van der Waals surface area contributed by atoms with Gasteiger partial charge in [0.05, 0.1) is 17.3 Å². The van der Waals surface area contributed by atoms with Crippen LogP contribution in [0.3, 0.4) is 0 Å². The molecule has 5 rings (SSSR count). The first-order valence-electron chi connectivity index (χ1n) is 10.8. The molecular weight excluding hydrogens is 386 g/mol. The quantitative estimate of drug-likeness (QED) is 0.524. The average Bonchev–Trinajstić information content (AvgIpc) is 2.80. The number of para-hydroxylation sites is 1. The Bertz CT molecular complexity index is 1260. The first-order valence-corrected chi connectivity index (χ1v) is 10.8. The van der Waals surface area contributed by atoms with Gasteiger partial charge in [0.1, 0.15) is 0 Å². The molecule has 0 saturated heterocycles. The largest absolute Gasteiger partial charge is 0.382 e. The Hall–Kier alpha value is -3.54. The minimum absolute atomic E-state index is 0.0418. The van der Waals surface area contributed by atoms with Gasteiger partial charge in [0, 0.05) is 46.8 Å². The first-order chi connectivity index (χ1) is 15.2. The summed E-state index contributed by atoms with van der Waals surface area (Å²) < 4.78 is 1.67. The molecule has 156 valence electrons. The highest BCUT2D eigenvalue weighted by molar-refractivity contribution is 5.91. The van der Waals surface area contributed by atoms with E-state index in [0.29, 0.717) is 6.04 Å². The van der Waals surface area contributed by atoms with Crippen LogP contribution in [0.1, 0.15) is 37.4 Å². The van der Waals surface area contributed by atoms with E-state index in [0.717, 1.165) is 59.2 Å². The van der Waals surface area contributed by atoms with Crippen LogP contribution in [0.5, 0.6) is 0 Å². The normalized spacial score (nSPS) is 18.7. The van der Waals surface area contributed by atoms with E-state index >= 15 is 0 Å². The zero-order valence-electron chi connectivity index (χ0n) is 17.5. The number of hydrogen-bond acceptors (Lipinski definition) is 5. The Morgan fingerprint density at radius 3 is 2.65 bits per heavy atom. The van der Waals surface area contributed by atoms with E-state index in [-0.39, 0.29) is 11.6 Å². The van der Waals surface area contributed by atoms with Gasteiger partial charge in [0.15, 0.2) is 0 Å². The number of rotatable bonds is 4. The molecule has 0 unspecified atom stereocenters. The summed E-state index contributed by atoms with van der Waals surface area (Å²) in [6, 6.07) is 18.1. The molecule has 0 spiro atoms. The average molecular weight is 412 g/mol. The number of nitrogens with zero attached hydrogens (tertiary/aromatic N) is 4. The van der Waals surface area contributed by atoms with Crippen molar-refractivity contribution in [1.29, 1.82) is 0 Å². The second kappa shape index (κ2) is 8.30. The lowest BCUT2D eigenvalue weighted by atomic mass is 9.91. The molecule has 1 aliphatic rings. The number of aryl methyl sites for hydroxylation is 1. The minimum atomic E-state index is -0.0418. The van der Waals surface area contributed by atoms with E-state index in [2.05, 4.69) is 44.6 Å². The Kier molecular flexibility index (Phi) is 5.20. The number of benzene rings is 1. The SMILES string of the molecule is Cc1cc(NC2CCC(n3nc(-c4cccnc4)ccc3=O)CC2)c2ccccc2n1. The summed E-state index contributed by atoms with van der Waals surface area (Å²) in [5.41, 5.74) is 4.83. The lowest BCUT2D eigenvalue weighted by Gasteiger charge is -2.30. The molecule has 0 aliphatic heterocycles. The van der Waals surface area contributed by atoms with Gasteiger partial charge in [0.2, 0.25) is 0 Å². The van der Waals surface area contributed by atoms with Crippen LogP contribution in [0.4, 0.5) is 5.69 Å². The lowest BCUT2D eigenvalue weighted by molar-refractivity contribution is 0.304. The lowest BCUT2D eigenvalue weighted by Crippen LogP contribution is -2.33. The molecule has 1 aliphatic carbocycles. The fourth-order valence-electron chi connectivity index (χ4n) is 4.47. The molecule has 0 atom stereocenters. The molecule has 6 heteroatoms. The molecule has 0 bridgehead atoms. The van der Waals surface area contributed by atoms with E-state index in [1.54, 1.807) is 29.2 Å². The van der Waals surface area contributed by atoms with E-state index in [9.17, 15) is 4.79 Å². The molecule has 6 nitrogen and oxygen atoms in total. The van der Waals surface area contributed by atoms with Crippen molar-refractivity contribution < 1.29 is 0 Å². The maximum atomic E-state index is 12.5. The van der Waals surface area contributed by atoms with Crippen molar-refractivity contribution in [2.75, 3.05) is 5.32 Å². The van der Waals surface area contributed by atoms with Crippen LogP contribution in [0.2, 0.25) is 0 Å². The molecule has 1 N–H and O–H groups in total. The molecule has 1 fully saturated rings. The Morgan fingerprint density at radius 2 is 1.84 bits per heavy atom. The molecule has 31 heavy (non-hydrogen) atoms. The number of nitrogens with one attached hydrogen (secondary N) is 1. The van der Waals surface area contributed by atoms with Crippen LogP contribution in [-0.2, 0) is 0 Å². The highest BCUT2D eigenvalue weighted by Gasteiger charge is 2.24. The Labute approximate surface area is 181 Å². The van der Waals surface area contributed by atoms with Crippen molar-refractivity contribution in [2.24, 2.45) is 0 Å². The van der Waals surface area contributed by atoms with Gasteiger partial charge in [-0.3, -0.25) is 14.8 Å². The van der Waals surface area contributed by atoms with Gasteiger partial charge in [-0.15, -0.1) is 0 Å². The predicted octanol–water partition coefficient (Wildman–Crippen LogP) is 4.76. The number of aromatic nitrogens is 4. The highest BCUT2D eigenvalue weighted by Crippen LogP contribution is 2.31. The summed E-state index contributed by atoms with van der Waals surface area (Å²) in [6.45, 7) is 2.03. The maximum absolute atomic E-state index is 12.5. The van der Waals surface area contributed by atoms with E-state index < -0.39 is 0 Å². The summed E-state index contributed by atoms with van der Waals surface area (Å²) in [5, 5.41) is 9.55. The Morgan fingerprint density at radius 1 is 1.00 bits per heavy atom. The number of fused-ring (bicyclic) bond motifs is 1. The molecule has 4 aromatic rings. The Balaban J connectivity index is 1.32. The first kappa shape index (κ1) is 19.4. The molecule has 1 aromatic carbocycles. The third-order valence-electron chi connectivity index (χ3n) is 6.03. The van der Waals surface area contributed by atoms with Crippen molar-refractivity contribution in [3.05, 3.63) is 83.0 Å². The standard InChI is InChI=1S/C25H25N5O/c1-17-15-24(21-6-2-3-7-23(21)27-17)28-19-8-10-20(11-9-19)30-25(31)13-12-22(29-30)18-5-4-14-26-16-18/h2-7,12-16,19-20H,8-11H2,1H3,(H,27,28). The zero-order chi connectivity index (χ0) is 21.2. The molecule has 0 amide bonds. The van der Waals surface area contributed by atoms with Gasteiger partial charge in [-0.05, 0) is 62.9 Å². The van der Waals surface area contributed by atoms with Crippen LogP contribution >= 0.6 is 0 Å². The van der Waals surface area contributed by atoms with Crippen LogP contribution in [0.15, 0.2) is 71.8 Å². The van der Waals surface area contributed by atoms with E-state index in [1.807, 2.05) is 25.1 Å². The second-order valence-electron chi connectivity index (χ2n) is 8.22. The second-order valence-corrected chi connectivity index (χ2v) is 8.22. The highest BCUT2D eigenvalue weighted by atomic mass is 16.1. The van der Waals surface area contributed by atoms with Crippen molar-refractivity contribution in [3.8, 4) is 11.3 Å². The molecular formula is C25H25N5O. The third-order valence-corrected chi connectivity index (χ3v) is 6.03. The molecule has 3 heterocycles. The van der Waals surface area contributed by atoms with Crippen molar-refractivity contribution in [1.82, 2.24) is 19.7 Å². The van der Waals surface area contributed by atoms with Gasteiger partial charge in [-0.2, -0.15) is 5.10 Å². The van der Waals surface area contributed by atoms with E-state index in [4.69, 9.17) is 0 Å². The van der Waals surface area contributed by atoms with Gasteiger partial charge in [-0.25, -0.2) is 4.68 Å². The van der Waals surface area contributed by atoms with Crippen LogP contribution in [0, 0.1) is 6.92 Å². The van der Waals surface area contributed by atoms with Gasteiger partial charge in [0.25, 0.3) is 5.56 Å². The summed E-state index contributed by atoms with van der Waals surface area (Å²) in [5.74, 6) is 0. The van der Waals surface area contributed by atoms with Crippen LogP contribution < -0.4 is 10.9 Å². The maximum Gasteiger partial charge on any atom is 0.267 e. The van der Waals surface area contributed by atoms with Crippen molar-refractivity contribution in [2.45, 2.75) is 44.7 Å². The number of anilines is 1. The van der Waals surface area contributed by atoms with Crippen LogP contribution in [0.25, 0.3) is 22.2 Å². The monoisotopic (exact) mass is 411 g/mol. The summed E-state index contributed by atoms with van der Waals surface area (Å²) in [6.07, 6.45) is 7.34. The summed E-state index contributed by atoms with van der Waals surface area (Å²) in [7, 11) is 0. The smallest absolute Gasteiger partial charge is 0.267 e. The minimum Gasteiger partial charge on any atom is -0.382 e. The van der Waals surface area contributed by atoms with Gasteiger partial charge >= 0.3 is 0 Å². The fraction of sp³-hybridized carbons (Fsp3) is 0.280. The zero-order valence-corrected chi connectivity index (χ0v) is 17.5.